The highest BCUT2D eigenvalue weighted by Gasteiger charge is 2.07. The molecule has 2 aromatic rings. The Kier molecular flexibility index (Phi) is 3.24. The molecule has 1 atom stereocenters. The highest BCUT2D eigenvalue weighted by atomic mass is 32.1. The van der Waals surface area contributed by atoms with Crippen LogP contribution in [0.1, 0.15) is 17.8 Å². The SMILES string of the molecule is CC(CNc1ccncn1)c1nccs1. The van der Waals surface area contributed by atoms with Crippen LogP contribution in [-0.2, 0) is 0 Å². The maximum Gasteiger partial charge on any atom is 0.129 e. The van der Waals surface area contributed by atoms with Gasteiger partial charge in [-0.2, -0.15) is 0 Å². The minimum absolute atomic E-state index is 0.403. The monoisotopic (exact) mass is 220 g/mol. The van der Waals surface area contributed by atoms with Crippen LogP contribution in [0, 0.1) is 0 Å². The predicted octanol–water partition coefficient (Wildman–Crippen LogP) is 2.15. The molecule has 1 N–H and O–H groups in total. The zero-order valence-corrected chi connectivity index (χ0v) is 9.24. The van der Waals surface area contributed by atoms with Crippen molar-refractivity contribution in [1.29, 1.82) is 0 Å². The number of nitrogens with zero attached hydrogens (tertiary/aromatic N) is 3. The summed E-state index contributed by atoms with van der Waals surface area (Å²) >= 11 is 1.68. The smallest absolute Gasteiger partial charge is 0.129 e. The van der Waals surface area contributed by atoms with E-state index in [0.717, 1.165) is 17.4 Å². The van der Waals surface area contributed by atoms with Crippen molar-refractivity contribution in [2.75, 3.05) is 11.9 Å². The van der Waals surface area contributed by atoms with Gasteiger partial charge in [-0.25, -0.2) is 15.0 Å². The molecule has 0 saturated heterocycles. The van der Waals surface area contributed by atoms with Crippen molar-refractivity contribution >= 4 is 17.2 Å². The molecule has 0 aliphatic rings. The minimum atomic E-state index is 0.403. The molecule has 0 aromatic carbocycles. The Hall–Kier alpha value is -1.49. The summed E-state index contributed by atoms with van der Waals surface area (Å²) in [5, 5.41) is 6.39. The summed E-state index contributed by atoms with van der Waals surface area (Å²) in [6.07, 6.45) is 5.10. The fourth-order valence-corrected chi connectivity index (χ4v) is 1.92. The second kappa shape index (κ2) is 4.84. The second-order valence-electron chi connectivity index (χ2n) is 3.25. The lowest BCUT2D eigenvalue weighted by atomic mass is 10.2. The lowest BCUT2D eigenvalue weighted by molar-refractivity contribution is 0.791. The Morgan fingerprint density at radius 1 is 1.40 bits per heavy atom. The van der Waals surface area contributed by atoms with E-state index in [-0.39, 0.29) is 0 Å². The van der Waals surface area contributed by atoms with Crippen molar-refractivity contribution in [2.45, 2.75) is 12.8 Å². The van der Waals surface area contributed by atoms with E-state index >= 15 is 0 Å². The number of hydrogen-bond acceptors (Lipinski definition) is 5. The van der Waals surface area contributed by atoms with E-state index in [9.17, 15) is 0 Å². The average molecular weight is 220 g/mol. The standard InChI is InChI=1S/C10H12N4S/c1-8(10-12-4-5-15-10)6-13-9-2-3-11-7-14-9/h2-5,7-8H,6H2,1H3,(H,11,13,14). The van der Waals surface area contributed by atoms with E-state index in [0.29, 0.717) is 5.92 Å². The van der Waals surface area contributed by atoms with Gasteiger partial charge in [0.2, 0.25) is 0 Å². The van der Waals surface area contributed by atoms with Crippen LogP contribution < -0.4 is 5.32 Å². The van der Waals surface area contributed by atoms with Crippen LogP contribution in [0.2, 0.25) is 0 Å². The summed E-state index contributed by atoms with van der Waals surface area (Å²) in [5.74, 6) is 1.26. The molecule has 2 aromatic heterocycles. The fourth-order valence-electron chi connectivity index (χ4n) is 1.22. The Morgan fingerprint density at radius 3 is 3.00 bits per heavy atom. The van der Waals surface area contributed by atoms with Crippen LogP contribution in [-0.4, -0.2) is 21.5 Å². The Bertz CT molecular complexity index is 387. The first-order valence-electron chi connectivity index (χ1n) is 4.75. The van der Waals surface area contributed by atoms with Crippen LogP contribution in [0.5, 0.6) is 0 Å². The highest BCUT2D eigenvalue weighted by Crippen LogP contribution is 2.17. The molecule has 0 aliphatic heterocycles. The zero-order chi connectivity index (χ0) is 10.5. The summed E-state index contributed by atoms with van der Waals surface area (Å²) in [6.45, 7) is 2.98. The van der Waals surface area contributed by atoms with Crippen LogP contribution >= 0.6 is 11.3 Å². The Balaban J connectivity index is 1.89. The first kappa shape index (κ1) is 10.0. The third kappa shape index (κ3) is 2.73. The number of aromatic nitrogens is 3. The molecule has 0 spiro atoms. The van der Waals surface area contributed by atoms with Gasteiger partial charge in [-0.3, -0.25) is 0 Å². The highest BCUT2D eigenvalue weighted by molar-refractivity contribution is 7.09. The first-order valence-corrected chi connectivity index (χ1v) is 5.63. The van der Waals surface area contributed by atoms with Gasteiger partial charge in [0.05, 0.1) is 5.01 Å². The summed E-state index contributed by atoms with van der Waals surface area (Å²) in [6, 6.07) is 1.86. The maximum atomic E-state index is 4.27. The number of thiazole rings is 1. The molecular formula is C10H12N4S. The third-order valence-electron chi connectivity index (χ3n) is 2.04. The van der Waals surface area contributed by atoms with Crippen molar-refractivity contribution in [3.8, 4) is 0 Å². The van der Waals surface area contributed by atoms with Crippen molar-refractivity contribution < 1.29 is 0 Å². The molecule has 0 radical (unpaired) electrons. The molecule has 5 heteroatoms. The predicted molar refractivity (Wildman–Crippen MR) is 61.1 cm³/mol. The van der Waals surface area contributed by atoms with Gasteiger partial charge in [0, 0.05) is 30.2 Å². The average Bonchev–Trinajstić information content (AvgIpc) is 2.81. The van der Waals surface area contributed by atoms with Crippen molar-refractivity contribution in [1.82, 2.24) is 15.0 Å². The molecule has 4 nitrogen and oxygen atoms in total. The number of nitrogens with one attached hydrogen (secondary N) is 1. The van der Waals surface area contributed by atoms with Crippen molar-refractivity contribution in [3.63, 3.8) is 0 Å². The number of hydrogen-bond donors (Lipinski definition) is 1. The van der Waals surface area contributed by atoms with E-state index in [1.165, 1.54) is 6.33 Å². The van der Waals surface area contributed by atoms with Crippen LogP contribution in [0.3, 0.4) is 0 Å². The molecule has 0 aliphatic carbocycles. The molecule has 0 fully saturated rings. The van der Waals surface area contributed by atoms with E-state index in [1.54, 1.807) is 17.5 Å². The lowest BCUT2D eigenvalue weighted by Gasteiger charge is -2.09. The first-order chi connectivity index (χ1) is 7.36. The molecule has 2 heterocycles. The van der Waals surface area contributed by atoms with Gasteiger partial charge in [-0.1, -0.05) is 6.92 Å². The lowest BCUT2D eigenvalue weighted by Crippen LogP contribution is -2.10. The zero-order valence-electron chi connectivity index (χ0n) is 8.42. The van der Waals surface area contributed by atoms with Crippen LogP contribution in [0.4, 0.5) is 5.82 Å². The largest absolute Gasteiger partial charge is 0.369 e. The van der Waals surface area contributed by atoms with Gasteiger partial charge in [-0.15, -0.1) is 11.3 Å². The Labute approximate surface area is 92.4 Å². The molecule has 78 valence electrons. The van der Waals surface area contributed by atoms with E-state index in [4.69, 9.17) is 0 Å². The van der Waals surface area contributed by atoms with Crippen LogP contribution in [0.25, 0.3) is 0 Å². The van der Waals surface area contributed by atoms with Gasteiger partial charge < -0.3 is 5.32 Å². The molecule has 0 bridgehead atoms. The van der Waals surface area contributed by atoms with Gasteiger partial charge in [-0.05, 0) is 6.07 Å². The van der Waals surface area contributed by atoms with Crippen molar-refractivity contribution in [2.24, 2.45) is 0 Å². The normalized spacial score (nSPS) is 12.3. The maximum absolute atomic E-state index is 4.27. The van der Waals surface area contributed by atoms with Gasteiger partial charge >= 0.3 is 0 Å². The van der Waals surface area contributed by atoms with E-state index < -0.39 is 0 Å². The van der Waals surface area contributed by atoms with Crippen LogP contribution in [0.15, 0.2) is 30.2 Å². The Morgan fingerprint density at radius 2 is 2.33 bits per heavy atom. The van der Waals surface area contributed by atoms with Gasteiger partial charge in [0.1, 0.15) is 12.1 Å². The summed E-state index contributed by atoms with van der Waals surface area (Å²) in [5.41, 5.74) is 0. The fraction of sp³-hybridized carbons (Fsp3) is 0.300. The van der Waals surface area contributed by atoms with Crippen molar-refractivity contribution in [3.05, 3.63) is 35.2 Å². The topological polar surface area (TPSA) is 50.7 Å². The summed E-state index contributed by atoms with van der Waals surface area (Å²) < 4.78 is 0. The quantitative estimate of drug-likeness (QED) is 0.857. The van der Waals surface area contributed by atoms with Gasteiger partial charge in [0.25, 0.3) is 0 Å². The molecule has 0 saturated carbocycles. The minimum Gasteiger partial charge on any atom is -0.369 e. The molecule has 15 heavy (non-hydrogen) atoms. The number of anilines is 1. The number of rotatable bonds is 4. The third-order valence-corrected chi connectivity index (χ3v) is 3.05. The second-order valence-corrected chi connectivity index (χ2v) is 4.17. The van der Waals surface area contributed by atoms with E-state index in [2.05, 4.69) is 27.2 Å². The van der Waals surface area contributed by atoms with Gasteiger partial charge in [0.15, 0.2) is 0 Å². The summed E-state index contributed by atoms with van der Waals surface area (Å²) in [7, 11) is 0. The molecule has 1 unspecified atom stereocenters. The molecule has 0 amide bonds. The summed E-state index contributed by atoms with van der Waals surface area (Å²) in [4.78, 5) is 12.2. The van der Waals surface area contributed by atoms with E-state index in [1.807, 2.05) is 17.6 Å². The molecule has 2 rings (SSSR count). The molecular weight excluding hydrogens is 208 g/mol.